The highest BCUT2D eigenvalue weighted by Gasteiger charge is 2.24. The van der Waals surface area contributed by atoms with Gasteiger partial charge in [-0.3, -0.25) is 4.90 Å². The van der Waals surface area contributed by atoms with Crippen LogP contribution in [0.2, 0.25) is 0 Å². The first-order valence-electron chi connectivity index (χ1n) is 7.84. The highest BCUT2D eigenvalue weighted by atomic mass is 32.2. The molecule has 9 heteroatoms. The first-order chi connectivity index (χ1) is 12.4. The second-order valence-corrected chi connectivity index (χ2v) is 7.30. The summed E-state index contributed by atoms with van der Waals surface area (Å²) in [5.41, 5.74) is 1.74. The lowest BCUT2D eigenvalue weighted by Gasteiger charge is -2.11. The number of aromatic nitrogens is 1. The van der Waals surface area contributed by atoms with E-state index in [9.17, 15) is 13.2 Å². The van der Waals surface area contributed by atoms with Crippen LogP contribution in [0.3, 0.4) is 0 Å². The number of carbonyl (C=O) groups is 1. The molecule has 8 nitrogen and oxygen atoms in total. The fourth-order valence-corrected chi connectivity index (χ4v) is 3.81. The molecular weight excluding hydrogens is 358 g/mol. The number of rotatable bonds is 4. The number of hydrogen-bond acceptors (Lipinski definition) is 6. The van der Waals surface area contributed by atoms with Gasteiger partial charge in [-0.05, 0) is 38.1 Å². The smallest absolute Gasteiger partial charge is 0.414 e. The quantitative estimate of drug-likeness (QED) is 0.814. The van der Waals surface area contributed by atoms with Gasteiger partial charge in [0.2, 0.25) is 10.0 Å². The van der Waals surface area contributed by atoms with Crippen molar-refractivity contribution in [2.75, 3.05) is 24.6 Å². The summed E-state index contributed by atoms with van der Waals surface area (Å²) in [5.74, 6) is 5.87. The molecule has 1 aliphatic rings. The molecule has 136 valence electrons. The van der Waals surface area contributed by atoms with E-state index in [1.165, 1.54) is 11.8 Å². The Morgan fingerprint density at radius 3 is 2.58 bits per heavy atom. The number of ether oxygens (including phenoxy) is 1. The van der Waals surface area contributed by atoms with Crippen molar-refractivity contribution in [3.05, 3.63) is 41.3 Å². The van der Waals surface area contributed by atoms with Crippen LogP contribution in [0.15, 0.2) is 33.7 Å². The SMILES string of the molecule is Cc1noc(C)c1S(=O)(=O)NCC#Cc1ccc(N2CCOC2=O)cc1. The molecule has 26 heavy (non-hydrogen) atoms. The van der Waals surface area contributed by atoms with Crippen molar-refractivity contribution in [3.8, 4) is 11.8 Å². The van der Waals surface area contributed by atoms with Crippen molar-refractivity contribution in [1.29, 1.82) is 0 Å². The molecule has 1 N–H and O–H groups in total. The molecule has 0 atom stereocenters. The van der Waals surface area contributed by atoms with Gasteiger partial charge < -0.3 is 9.26 Å². The lowest BCUT2D eigenvalue weighted by molar-refractivity contribution is 0.181. The van der Waals surface area contributed by atoms with Crippen molar-refractivity contribution >= 4 is 21.8 Å². The van der Waals surface area contributed by atoms with E-state index in [4.69, 9.17) is 9.26 Å². The van der Waals surface area contributed by atoms with Crippen LogP contribution in [0.25, 0.3) is 0 Å². The van der Waals surface area contributed by atoms with E-state index < -0.39 is 10.0 Å². The Morgan fingerprint density at radius 2 is 2.00 bits per heavy atom. The zero-order valence-electron chi connectivity index (χ0n) is 14.3. The first-order valence-corrected chi connectivity index (χ1v) is 9.32. The maximum atomic E-state index is 12.2. The summed E-state index contributed by atoms with van der Waals surface area (Å²) in [5, 5.41) is 3.64. The van der Waals surface area contributed by atoms with Gasteiger partial charge in [0.1, 0.15) is 17.2 Å². The topological polar surface area (TPSA) is 102 Å². The van der Waals surface area contributed by atoms with Crippen LogP contribution in [-0.4, -0.2) is 39.4 Å². The summed E-state index contributed by atoms with van der Waals surface area (Å²) >= 11 is 0. The van der Waals surface area contributed by atoms with Crippen molar-refractivity contribution in [2.24, 2.45) is 0 Å². The van der Waals surface area contributed by atoms with Crippen LogP contribution >= 0.6 is 0 Å². The van der Waals surface area contributed by atoms with Gasteiger partial charge in [0.15, 0.2) is 5.76 Å². The molecule has 1 fully saturated rings. The highest BCUT2D eigenvalue weighted by Crippen LogP contribution is 2.19. The van der Waals surface area contributed by atoms with Crippen LogP contribution in [0, 0.1) is 25.7 Å². The van der Waals surface area contributed by atoms with Crippen LogP contribution < -0.4 is 9.62 Å². The van der Waals surface area contributed by atoms with Crippen molar-refractivity contribution < 1.29 is 22.5 Å². The maximum absolute atomic E-state index is 12.2. The van der Waals surface area contributed by atoms with Gasteiger partial charge in [-0.15, -0.1) is 0 Å². The zero-order chi connectivity index (χ0) is 18.7. The van der Waals surface area contributed by atoms with Crippen molar-refractivity contribution in [2.45, 2.75) is 18.7 Å². The van der Waals surface area contributed by atoms with Crippen LogP contribution in [0.4, 0.5) is 10.5 Å². The molecule has 0 aliphatic carbocycles. The highest BCUT2D eigenvalue weighted by molar-refractivity contribution is 7.89. The summed E-state index contributed by atoms with van der Waals surface area (Å²) in [6.45, 7) is 3.96. The van der Waals surface area contributed by atoms with Gasteiger partial charge in [-0.25, -0.2) is 13.2 Å². The van der Waals surface area contributed by atoms with Crippen molar-refractivity contribution in [1.82, 2.24) is 9.88 Å². The predicted molar refractivity (Wildman–Crippen MR) is 93.2 cm³/mol. The molecular formula is C17H17N3O5S. The Kier molecular flexibility index (Phi) is 4.97. The Bertz CT molecular complexity index is 964. The number of sulfonamides is 1. The van der Waals surface area contributed by atoms with E-state index in [1.54, 1.807) is 31.2 Å². The van der Waals surface area contributed by atoms with Crippen LogP contribution in [0.5, 0.6) is 0 Å². The van der Waals surface area contributed by atoms with E-state index in [0.29, 0.717) is 24.4 Å². The Labute approximate surface area is 151 Å². The van der Waals surface area contributed by atoms with E-state index >= 15 is 0 Å². The molecule has 2 aromatic rings. The van der Waals surface area contributed by atoms with E-state index in [-0.39, 0.29) is 23.3 Å². The third-order valence-electron chi connectivity index (χ3n) is 3.76. The molecule has 0 unspecified atom stereocenters. The minimum absolute atomic E-state index is 0.0427. The van der Waals surface area contributed by atoms with Gasteiger partial charge in [-0.2, -0.15) is 4.72 Å². The minimum atomic E-state index is -3.72. The lowest BCUT2D eigenvalue weighted by Crippen LogP contribution is -2.25. The first kappa shape index (κ1) is 18.0. The van der Waals surface area contributed by atoms with Gasteiger partial charge in [0, 0.05) is 11.3 Å². The molecule has 0 saturated carbocycles. The van der Waals surface area contributed by atoms with Crippen molar-refractivity contribution in [3.63, 3.8) is 0 Å². The number of hydrogen-bond donors (Lipinski definition) is 1. The summed E-state index contributed by atoms with van der Waals surface area (Å²) < 4.78 is 36.7. The second kappa shape index (κ2) is 7.19. The maximum Gasteiger partial charge on any atom is 0.414 e. The number of anilines is 1. The standard InChI is InChI=1S/C17H17N3O5S/c1-12-16(13(2)25-19-12)26(22,23)18-9-3-4-14-5-7-15(8-6-14)20-10-11-24-17(20)21/h5-8,18H,9-11H2,1-2H3. The molecule has 1 aromatic carbocycles. The average molecular weight is 375 g/mol. The zero-order valence-corrected chi connectivity index (χ0v) is 15.1. The normalized spacial score (nSPS) is 14.1. The van der Waals surface area contributed by atoms with Gasteiger partial charge in [-0.1, -0.05) is 17.0 Å². The van der Waals surface area contributed by atoms with Crippen LogP contribution in [0.1, 0.15) is 17.0 Å². The Balaban J connectivity index is 1.63. The number of nitrogens with zero attached hydrogens (tertiary/aromatic N) is 2. The molecule has 3 rings (SSSR count). The summed E-state index contributed by atoms with van der Waals surface area (Å²) in [7, 11) is -3.72. The Hall–Kier alpha value is -2.83. The minimum Gasteiger partial charge on any atom is -0.447 e. The molecule has 2 heterocycles. The molecule has 1 aliphatic heterocycles. The molecule has 0 bridgehead atoms. The lowest BCUT2D eigenvalue weighted by atomic mass is 10.2. The second-order valence-electron chi connectivity index (χ2n) is 5.59. The monoisotopic (exact) mass is 375 g/mol. The predicted octanol–water partition coefficient (Wildman–Crippen LogP) is 1.58. The molecule has 1 amide bonds. The number of aryl methyl sites for hydroxylation is 2. The number of amides is 1. The molecule has 0 radical (unpaired) electrons. The largest absolute Gasteiger partial charge is 0.447 e. The third kappa shape index (κ3) is 3.71. The number of carbonyl (C=O) groups excluding carboxylic acids is 1. The van der Waals surface area contributed by atoms with E-state index in [2.05, 4.69) is 21.7 Å². The Morgan fingerprint density at radius 1 is 1.27 bits per heavy atom. The van der Waals surface area contributed by atoms with Gasteiger partial charge >= 0.3 is 6.09 Å². The fraction of sp³-hybridized carbons (Fsp3) is 0.294. The van der Waals surface area contributed by atoms with E-state index in [1.807, 2.05) is 0 Å². The summed E-state index contributed by atoms with van der Waals surface area (Å²) in [6, 6.07) is 7.06. The molecule has 1 aromatic heterocycles. The van der Waals surface area contributed by atoms with Gasteiger partial charge in [0.05, 0.1) is 13.1 Å². The van der Waals surface area contributed by atoms with Gasteiger partial charge in [0.25, 0.3) is 0 Å². The van der Waals surface area contributed by atoms with E-state index in [0.717, 1.165) is 5.69 Å². The number of cyclic esters (lactones) is 1. The number of benzene rings is 1. The summed E-state index contributed by atoms with van der Waals surface area (Å²) in [6.07, 6.45) is -0.363. The average Bonchev–Trinajstić information content (AvgIpc) is 3.18. The molecule has 0 spiro atoms. The molecule has 1 saturated heterocycles. The summed E-state index contributed by atoms with van der Waals surface area (Å²) in [4.78, 5) is 13.1. The number of nitrogens with one attached hydrogen (secondary N) is 1. The third-order valence-corrected chi connectivity index (χ3v) is 5.40. The van der Waals surface area contributed by atoms with Crippen LogP contribution in [-0.2, 0) is 14.8 Å². The fourth-order valence-electron chi connectivity index (χ4n) is 2.56.